The minimum absolute atomic E-state index is 0.388. The molecule has 0 aromatic rings. The van der Waals surface area contributed by atoms with E-state index in [1.807, 2.05) is 0 Å². The monoisotopic (exact) mass is 254 g/mol. The van der Waals surface area contributed by atoms with Crippen molar-refractivity contribution in [3.05, 3.63) is 0 Å². The van der Waals surface area contributed by atoms with Crippen molar-refractivity contribution >= 4 is 0 Å². The molecule has 3 nitrogen and oxygen atoms in total. The smallest absolute Gasteiger partial charge is 0.0857 e. The van der Waals surface area contributed by atoms with Crippen LogP contribution in [-0.2, 0) is 4.74 Å². The normalized spacial score (nSPS) is 36.5. The summed E-state index contributed by atoms with van der Waals surface area (Å²) >= 11 is 0. The first-order valence-corrected chi connectivity index (χ1v) is 7.75. The number of nitrogens with zero attached hydrogens (tertiary/aromatic N) is 1. The van der Waals surface area contributed by atoms with Gasteiger partial charge in [0.15, 0.2) is 0 Å². The first kappa shape index (κ1) is 14.3. The Morgan fingerprint density at radius 1 is 1.39 bits per heavy atom. The van der Waals surface area contributed by atoms with Crippen molar-refractivity contribution in [2.24, 2.45) is 11.8 Å². The molecule has 106 valence electrons. The van der Waals surface area contributed by atoms with E-state index in [0.717, 1.165) is 38.1 Å². The summed E-state index contributed by atoms with van der Waals surface area (Å²) in [6, 6.07) is 0.544. The summed E-state index contributed by atoms with van der Waals surface area (Å²) in [5, 5.41) is 3.56. The van der Waals surface area contributed by atoms with Gasteiger partial charge in [-0.15, -0.1) is 0 Å². The zero-order valence-corrected chi connectivity index (χ0v) is 12.3. The van der Waals surface area contributed by atoms with E-state index in [0.29, 0.717) is 12.1 Å². The minimum atomic E-state index is 0.388. The largest absolute Gasteiger partial charge is 0.374 e. The van der Waals surface area contributed by atoms with E-state index >= 15 is 0 Å². The summed E-state index contributed by atoms with van der Waals surface area (Å²) in [7, 11) is 2.11. The molecule has 2 aliphatic rings. The number of rotatable bonds is 4. The highest BCUT2D eigenvalue weighted by atomic mass is 16.5. The van der Waals surface area contributed by atoms with Gasteiger partial charge in [-0.25, -0.2) is 0 Å². The maximum Gasteiger partial charge on any atom is 0.0857 e. The second-order valence-corrected chi connectivity index (χ2v) is 6.15. The number of likely N-dealkylation sites (N-methyl/N-ethyl adjacent to an activating group) is 2. The van der Waals surface area contributed by atoms with Gasteiger partial charge < -0.3 is 10.1 Å². The van der Waals surface area contributed by atoms with E-state index in [9.17, 15) is 0 Å². The molecule has 1 aliphatic heterocycles. The SMILES string of the molecule is CCN1CCOC(C(NC)C2CCCC(C)C2)C1. The van der Waals surface area contributed by atoms with Gasteiger partial charge in [-0.05, 0) is 38.3 Å². The highest BCUT2D eigenvalue weighted by Gasteiger charge is 2.34. The number of hydrogen-bond donors (Lipinski definition) is 1. The van der Waals surface area contributed by atoms with Gasteiger partial charge in [0.2, 0.25) is 0 Å². The summed E-state index contributed by atoms with van der Waals surface area (Å²) in [5.41, 5.74) is 0. The molecule has 1 aliphatic carbocycles. The van der Waals surface area contributed by atoms with Crippen molar-refractivity contribution in [2.45, 2.75) is 51.7 Å². The molecule has 3 heteroatoms. The van der Waals surface area contributed by atoms with Crippen LogP contribution in [0.1, 0.15) is 39.5 Å². The molecule has 0 aromatic carbocycles. The molecule has 0 amide bonds. The molecule has 0 bridgehead atoms. The highest BCUT2D eigenvalue weighted by Crippen LogP contribution is 2.32. The standard InChI is InChI=1S/C15H30N2O/c1-4-17-8-9-18-14(11-17)15(16-3)13-7-5-6-12(2)10-13/h12-16H,4-11H2,1-3H3. The van der Waals surface area contributed by atoms with Gasteiger partial charge in [0, 0.05) is 19.1 Å². The van der Waals surface area contributed by atoms with Crippen molar-refractivity contribution in [1.82, 2.24) is 10.2 Å². The summed E-state index contributed by atoms with van der Waals surface area (Å²) in [4.78, 5) is 2.52. The van der Waals surface area contributed by atoms with Crippen LogP contribution in [-0.4, -0.2) is 50.3 Å². The van der Waals surface area contributed by atoms with Crippen molar-refractivity contribution in [3.8, 4) is 0 Å². The van der Waals surface area contributed by atoms with Gasteiger partial charge in [-0.1, -0.05) is 26.7 Å². The van der Waals surface area contributed by atoms with Crippen molar-refractivity contribution in [1.29, 1.82) is 0 Å². The molecule has 1 saturated carbocycles. The van der Waals surface area contributed by atoms with Crippen LogP contribution in [0.4, 0.5) is 0 Å². The Hall–Kier alpha value is -0.120. The third kappa shape index (κ3) is 3.46. The third-order valence-corrected chi connectivity index (χ3v) is 4.84. The maximum absolute atomic E-state index is 6.05. The van der Waals surface area contributed by atoms with Crippen LogP contribution in [0, 0.1) is 11.8 Å². The van der Waals surface area contributed by atoms with Crippen LogP contribution in [0.2, 0.25) is 0 Å². The Labute approximate surface area is 112 Å². The van der Waals surface area contributed by atoms with Crippen LogP contribution in [0.15, 0.2) is 0 Å². The van der Waals surface area contributed by atoms with Crippen LogP contribution in [0.3, 0.4) is 0 Å². The van der Waals surface area contributed by atoms with E-state index in [1.165, 1.54) is 25.7 Å². The minimum Gasteiger partial charge on any atom is -0.374 e. The quantitative estimate of drug-likeness (QED) is 0.832. The second kappa shape index (κ2) is 6.88. The Balaban J connectivity index is 1.94. The number of nitrogens with one attached hydrogen (secondary N) is 1. The third-order valence-electron chi connectivity index (χ3n) is 4.84. The molecule has 4 unspecified atom stereocenters. The van der Waals surface area contributed by atoms with Gasteiger partial charge in [-0.3, -0.25) is 4.90 Å². The number of morpholine rings is 1. The predicted octanol–water partition coefficient (Wildman–Crippen LogP) is 2.12. The highest BCUT2D eigenvalue weighted by molar-refractivity contribution is 4.89. The fourth-order valence-corrected chi connectivity index (χ4v) is 3.77. The Kier molecular flexibility index (Phi) is 5.46. The van der Waals surface area contributed by atoms with Crippen LogP contribution in [0.5, 0.6) is 0 Å². The van der Waals surface area contributed by atoms with E-state index in [1.54, 1.807) is 0 Å². The van der Waals surface area contributed by atoms with E-state index in [-0.39, 0.29) is 0 Å². The first-order chi connectivity index (χ1) is 8.74. The van der Waals surface area contributed by atoms with E-state index in [2.05, 4.69) is 31.1 Å². The summed E-state index contributed by atoms with van der Waals surface area (Å²) in [6.07, 6.45) is 5.95. The first-order valence-electron chi connectivity index (χ1n) is 7.75. The molecule has 2 rings (SSSR count). The Bertz CT molecular complexity index is 247. The van der Waals surface area contributed by atoms with E-state index < -0.39 is 0 Å². The lowest BCUT2D eigenvalue weighted by Crippen LogP contribution is -2.54. The molecular weight excluding hydrogens is 224 g/mol. The van der Waals surface area contributed by atoms with Crippen molar-refractivity contribution < 1.29 is 4.74 Å². The van der Waals surface area contributed by atoms with Gasteiger partial charge in [0.1, 0.15) is 0 Å². The van der Waals surface area contributed by atoms with Crippen LogP contribution >= 0.6 is 0 Å². The second-order valence-electron chi connectivity index (χ2n) is 6.15. The molecule has 0 radical (unpaired) electrons. The molecular formula is C15H30N2O. The predicted molar refractivity (Wildman–Crippen MR) is 75.8 cm³/mol. The van der Waals surface area contributed by atoms with Crippen LogP contribution < -0.4 is 5.32 Å². The van der Waals surface area contributed by atoms with Crippen LogP contribution in [0.25, 0.3) is 0 Å². The molecule has 2 fully saturated rings. The fraction of sp³-hybridized carbons (Fsp3) is 1.00. The molecule has 0 spiro atoms. The van der Waals surface area contributed by atoms with Gasteiger partial charge >= 0.3 is 0 Å². The molecule has 18 heavy (non-hydrogen) atoms. The Morgan fingerprint density at radius 3 is 2.89 bits per heavy atom. The van der Waals surface area contributed by atoms with Gasteiger partial charge in [0.25, 0.3) is 0 Å². The van der Waals surface area contributed by atoms with Gasteiger partial charge in [0.05, 0.1) is 12.7 Å². The van der Waals surface area contributed by atoms with Crippen molar-refractivity contribution in [3.63, 3.8) is 0 Å². The average Bonchev–Trinajstić information content (AvgIpc) is 2.40. The molecule has 0 aromatic heterocycles. The van der Waals surface area contributed by atoms with Crippen molar-refractivity contribution in [2.75, 3.05) is 33.3 Å². The maximum atomic E-state index is 6.05. The van der Waals surface area contributed by atoms with Gasteiger partial charge in [-0.2, -0.15) is 0 Å². The summed E-state index contributed by atoms with van der Waals surface area (Å²) < 4.78 is 6.05. The molecule has 1 heterocycles. The summed E-state index contributed by atoms with van der Waals surface area (Å²) in [6.45, 7) is 8.91. The molecule has 1 N–H and O–H groups in total. The lowest BCUT2D eigenvalue weighted by Gasteiger charge is -2.41. The summed E-state index contributed by atoms with van der Waals surface area (Å²) in [5.74, 6) is 1.70. The topological polar surface area (TPSA) is 24.5 Å². The lowest BCUT2D eigenvalue weighted by molar-refractivity contribution is -0.0581. The van der Waals surface area contributed by atoms with E-state index in [4.69, 9.17) is 4.74 Å². The zero-order valence-electron chi connectivity index (χ0n) is 12.3. The average molecular weight is 254 g/mol. The number of hydrogen-bond acceptors (Lipinski definition) is 3. The molecule has 4 atom stereocenters. The number of ether oxygens (including phenoxy) is 1. The fourth-order valence-electron chi connectivity index (χ4n) is 3.77. The molecule has 1 saturated heterocycles. The zero-order chi connectivity index (χ0) is 13.0. The Morgan fingerprint density at radius 2 is 2.22 bits per heavy atom. The lowest BCUT2D eigenvalue weighted by atomic mass is 9.77.